The molecule has 262 valence electrons. The monoisotopic (exact) mass is 679 g/mol. The van der Waals surface area contributed by atoms with Crippen LogP contribution in [-0.2, 0) is 11.3 Å². The zero-order chi connectivity index (χ0) is 35.0. The van der Waals surface area contributed by atoms with Crippen molar-refractivity contribution in [2.24, 2.45) is 5.92 Å². The highest BCUT2D eigenvalue weighted by Gasteiger charge is 2.32. The second kappa shape index (κ2) is 16.3. The minimum atomic E-state index is 0.506. The molecule has 2 unspecified atom stereocenters. The second-order valence-electron chi connectivity index (χ2n) is 13.6. The average molecular weight is 680 g/mol. The summed E-state index contributed by atoms with van der Waals surface area (Å²) in [4.78, 5) is 0. The first-order valence-corrected chi connectivity index (χ1v) is 18.4. The van der Waals surface area contributed by atoms with Gasteiger partial charge in [0.15, 0.2) is 0 Å². The van der Waals surface area contributed by atoms with Gasteiger partial charge in [-0.05, 0) is 78.5 Å². The van der Waals surface area contributed by atoms with E-state index in [1.54, 1.807) is 14.2 Å². The molecular weight excluding hydrogens is 631 g/mol. The molecule has 51 heavy (non-hydrogen) atoms. The predicted octanol–water partition coefficient (Wildman–Crippen LogP) is 11.3. The van der Waals surface area contributed by atoms with E-state index in [4.69, 9.17) is 18.9 Å². The molecule has 0 bridgehead atoms. The van der Waals surface area contributed by atoms with Gasteiger partial charge in [0.25, 0.3) is 0 Å². The molecule has 3 aliphatic carbocycles. The number of para-hydroxylation sites is 2. The summed E-state index contributed by atoms with van der Waals surface area (Å²) in [5.41, 5.74) is 11.1. The Labute approximate surface area is 303 Å². The Balaban J connectivity index is 1.04. The van der Waals surface area contributed by atoms with Crippen LogP contribution in [0.1, 0.15) is 62.1 Å². The number of allylic oxidation sites excluding steroid dienone is 8. The first-order valence-electron chi connectivity index (χ1n) is 18.4. The lowest BCUT2D eigenvalue weighted by molar-refractivity contribution is 0.107. The maximum absolute atomic E-state index is 6.50. The number of hydrogen-bond donors (Lipinski definition) is 1. The van der Waals surface area contributed by atoms with Crippen LogP contribution in [0.2, 0.25) is 0 Å². The smallest absolute Gasteiger partial charge is 0.134 e. The molecule has 2 atom stereocenters. The van der Waals surface area contributed by atoms with Crippen LogP contribution in [-0.4, -0.2) is 33.5 Å². The molecule has 1 N–H and O–H groups in total. The van der Waals surface area contributed by atoms with Crippen molar-refractivity contribution in [3.05, 3.63) is 132 Å². The molecule has 0 radical (unpaired) electrons. The molecule has 4 aromatic rings. The normalized spacial score (nSPS) is 17.8. The van der Waals surface area contributed by atoms with Crippen molar-refractivity contribution < 1.29 is 18.9 Å². The molecule has 0 aliphatic heterocycles. The Kier molecular flexibility index (Phi) is 11.0. The number of nitrogens with one attached hydrogen (secondary N) is 1. The Morgan fingerprint density at radius 3 is 1.86 bits per heavy atom. The van der Waals surface area contributed by atoms with Gasteiger partial charge in [-0.15, -0.1) is 0 Å². The molecule has 0 saturated heterocycles. The Morgan fingerprint density at radius 2 is 1.25 bits per heavy atom. The van der Waals surface area contributed by atoms with Gasteiger partial charge in [0, 0.05) is 46.0 Å². The summed E-state index contributed by atoms with van der Waals surface area (Å²) < 4.78 is 24.9. The third kappa shape index (κ3) is 8.00. The van der Waals surface area contributed by atoms with Crippen LogP contribution in [0, 0.1) is 5.92 Å². The van der Waals surface area contributed by atoms with E-state index in [0.29, 0.717) is 31.8 Å². The van der Waals surface area contributed by atoms with Gasteiger partial charge in [0.2, 0.25) is 0 Å². The van der Waals surface area contributed by atoms with Gasteiger partial charge >= 0.3 is 0 Å². The van der Waals surface area contributed by atoms with Crippen LogP contribution < -0.4 is 19.5 Å². The summed E-state index contributed by atoms with van der Waals surface area (Å²) in [5.74, 6) is 3.30. The lowest BCUT2D eigenvalue weighted by atomic mass is 9.92. The fourth-order valence-corrected chi connectivity index (χ4v) is 7.15. The minimum Gasteiger partial charge on any atom is -0.495 e. The quantitative estimate of drug-likeness (QED) is 0.127. The summed E-state index contributed by atoms with van der Waals surface area (Å²) in [6.07, 6.45) is 19.7. The van der Waals surface area contributed by atoms with Crippen LogP contribution in [0.4, 0.5) is 5.69 Å². The maximum Gasteiger partial charge on any atom is 0.134 e. The molecule has 1 fully saturated rings. The van der Waals surface area contributed by atoms with E-state index < -0.39 is 0 Å². The topological polar surface area (TPSA) is 49.0 Å². The lowest BCUT2D eigenvalue weighted by Gasteiger charge is -2.19. The van der Waals surface area contributed by atoms with Crippen molar-refractivity contribution in [1.82, 2.24) is 0 Å². The largest absolute Gasteiger partial charge is 0.495 e. The second-order valence-corrected chi connectivity index (χ2v) is 13.6. The van der Waals surface area contributed by atoms with E-state index in [1.807, 2.05) is 0 Å². The van der Waals surface area contributed by atoms with Gasteiger partial charge in [0.05, 0.1) is 34.0 Å². The van der Waals surface area contributed by atoms with E-state index >= 15 is 0 Å². The molecule has 3 aliphatic rings. The van der Waals surface area contributed by atoms with Crippen molar-refractivity contribution >= 4 is 16.8 Å². The highest BCUT2D eigenvalue weighted by molar-refractivity contribution is 5.88. The van der Waals surface area contributed by atoms with Gasteiger partial charge in [-0.1, -0.05) is 104 Å². The fourth-order valence-electron chi connectivity index (χ4n) is 7.15. The van der Waals surface area contributed by atoms with Gasteiger partial charge in [-0.2, -0.15) is 0 Å². The van der Waals surface area contributed by atoms with Gasteiger partial charge in [0.1, 0.15) is 17.2 Å². The average Bonchev–Trinajstić information content (AvgIpc) is 3.89. The SMILES string of the molecule is COc1c(C2=CCCC=C2)cccc1-c1ccccc1COCCCOc1ccc(NC2CC2C)cc1-c1cccc(C2=CCCC=C2)c1OC. The van der Waals surface area contributed by atoms with Crippen LogP contribution in [0.15, 0.2) is 115 Å². The fraction of sp³-hybridized carbons (Fsp3) is 0.304. The number of benzene rings is 4. The highest BCUT2D eigenvalue weighted by Crippen LogP contribution is 2.44. The highest BCUT2D eigenvalue weighted by atomic mass is 16.5. The van der Waals surface area contributed by atoms with Gasteiger partial charge in [-0.25, -0.2) is 0 Å². The van der Waals surface area contributed by atoms with Crippen LogP contribution in [0.3, 0.4) is 0 Å². The minimum absolute atomic E-state index is 0.506. The van der Waals surface area contributed by atoms with E-state index in [0.717, 1.165) is 94.0 Å². The van der Waals surface area contributed by atoms with Crippen molar-refractivity contribution in [1.29, 1.82) is 0 Å². The predicted molar refractivity (Wildman–Crippen MR) is 211 cm³/mol. The molecule has 0 amide bonds. The first kappa shape index (κ1) is 34.4. The molecule has 5 heteroatoms. The third-order valence-corrected chi connectivity index (χ3v) is 10.0. The van der Waals surface area contributed by atoms with Crippen LogP contribution >= 0.6 is 0 Å². The zero-order valence-corrected chi connectivity index (χ0v) is 30.1. The summed E-state index contributed by atoms with van der Waals surface area (Å²) in [6.45, 7) is 3.91. The molecule has 0 heterocycles. The van der Waals surface area contributed by atoms with E-state index in [1.165, 1.54) is 17.6 Å². The van der Waals surface area contributed by atoms with Gasteiger partial charge < -0.3 is 24.3 Å². The lowest BCUT2D eigenvalue weighted by Crippen LogP contribution is -2.06. The summed E-state index contributed by atoms with van der Waals surface area (Å²) in [5, 5.41) is 3.71. The van der Waals surface area contributed by atoms with E-state index in [2.05, 4.69) is 128 Å². The first-order chi connectivity index (χ1) is 25.1. The molecule has 4 aromatic carbocycles. The van der Waals surface area contributed by atoms with E-state index in [-0.39, 0.29) is 0 Å². The third-order valence-electron chi connectivity index (χ3n) is 10.0. The standard InChI is InChI=1S/C46H49NO4/c1-32-29-43(32)47-36-25-26-44(42(30-36)41-24-13-22-39(46(41)49-3)34-17-8-5-9-18-34)51-28-14-27-50-31-35-19-10-11-20-37(35)40-23-12-21-38(45(40)48-2)33-15-6-4-7-16-33/h6,8,10-13,15-26,30,32,43,47H,4-5,7,9,14,27-29,31H2,1-3H3. The van der Waals surface area contributed by atoms with Crippen LogP contribution in [0.5, 0.6) is 17.2 Å². The summed E-state index contributed by atoms with van der Waals surface area (Å²) in [7, 11) is 3.52. The van der Waals surface area contributed by atoms with Crippen molar-refractivity contribution in [3.63, 3.8) is 0 Å². The van der Waals surface area contributed by atoms with Crippen molar-refractivity contribution in [2.75, 3.05) is 32.8 Å². The van der Waals surface area contributed by atoms with Crippen molar-refractivity contribution in [3.8, 4) is 39.5 Å². The molecule has 1 saturated carbocycles. The molecule has 7 rings (SSSR count). The number of ether oxygens (including phenoxy) is 4. The number of rotatable bonds is 15. The summed E-state index contributed by atoms with van der Waals surface area (Å²) in [6, 6.07) is 28.2. The van der Waals surface area contributed by atoms with Gasteiger partial charge in [-0.3, -0.25) is 0 Å². The Hall–Kier alpha value is -5.00. The molecule has 0 spiro atoms. The van der Waals surface area contributed by atoms with Crippen molar-refractivity contribution in [2.45, 2.75) is 58.1 Å². The summed E-state index contributed by atoms with van der Waals surface area (Å²) >= 11 is 0. The number of anilines is 1. The van der Waals surface area contributed by atoms with Crippen LogP contribution in [0.25, 0.3) is 33.4 Å². The molecule has 0 aromatic heterocycles. The molecule has 5 nitrogen and oxygen atoms in total. The maximum atomic E-state index is 6.50. The Morgan fingerprint density at radius 1 is 0.647 bits per heavy atom. The number of hydrogen-bond acceptors (Lipinski definition) is 5. The Bertz CT molecular complexity index is 1970. The number of methoxy groups -OCH3 is 2. The molecular formula is C46H49NO4. The zero-order valence-electron chi connectivity index (χ0n) is 30.1. The van der Waals surface area contributed by atoms with E-state index in [9.17, 15) is 0 Å².